The Morgan fingerprint density at radius 2 is 0.961 bits per heavy atom. The maximum absolute atomic E-state index is 2.43. The first kappa shape index (κ1) is 29.9. The van der Waals surface area contributed by atoms with E-state index in [-0.39, 0.29) is 5.41 Å². The molecule has 8 aromatic carbocycles. The molecule has 0 aliphatic heterocycles. The van der Waals surface area contributed by atoms with Crippen molar-refractivity contribution < 1.29 is 0 Å². The lowest BCUT2D eigenvalue weighted by Crippen LogP contribution is -2.14. The zero-order valence-corrected chi connectivity index (χ0v) is 29.1. The van der Waals surface area contributed by atoms with E-state index in [1.807, 2.05) is 0 Å². The van der Waals surface area contributed by atoms with Crippen LogP contribution in [0.15, 0.2) is 164 Å². The highest BCUT2D eigenvalue weighted by molar-refractivity contribution is 6.21. The molecule has 0 fully saturated rings. The molecule has 0 spiro atoms. The van der Waals surface area contributed by atoms with Gasteiger partial charge in [-0.3, -0.25) is 0 Å². The number of allylic oxidation sites excluding steroid dienone is 1. The van der Waals surface area contributed by atoms with Gasteiger partial charge in [0.25, 0.3) is 0 Å². The third-order valence-corrected chi connectivity index (χ3v) is 11.5. The molecule has 10 rings (SSSR count). The molecule has 51 heavy (non-hydrogen) atoms. The van der Waals surface area contributed by atoms with E-state index in [0.29, 0.717) is 0 Å². The molecular weight excluding hydrogens is 613 g/mol. The Balaban J connectivity index is 1.11. The van der Waals surface area contributed by atoms with Crippen LogP contribution >= 0.6 is 0 Å². The largest absolute Gasteiger partial charge is 0.0836 e. The molecule has 2 aliphatic carbocycles. The number of hydrogen-bond donors (Lipinski definition) is 0. The fourth-order valence-electron chi connectivity index (χ4n) is 9.02. The zero-order chi connectivity index (χ0) is 34.1. The van der Waals surface area contributed by atoms with Crippen LogP contribution in [0.1, 0.15) is 42.5 Å². The van der Waals surface area contributed by atoms with Crippen LogP contribution in [0.3, 0.4) is 0 Å². The third-order valence-electron chi connectivity index (χ3n) is 11.5. The van der Waals surface area contributed by atoms with E-state index in [1.54, 1.807) is 0 Å². The van der Waals surface area contributed by atoms with Gasteiger partial charge in [-0.1, -0.05) is 172 Å². The summed E-state index contributed by atoms with van der Waals surface area (Å²) >= 11 is 0. The van der Waals surface area contributed by atoms with Gasteiger partial charge in [-0.25, -0.2) is 0 Å². The second-order valence-corrected chi connectivity index (χ2v) is 14.7. The van der Waals surface area contributed by atoms with Crippen LogP contribution in [-0.2, 0) is 11.8 Å². The van der Waals surface area contributed by atoms with E-state index >= 15 is 0 Å². The van der Waals surface area contributed by atoms with Crippen LogP contribution in [0, 0.1) is 0 Å². The fourth-order valence-corrected chi connectivity index (χ4v) is 9.02. The van der Waals surface area contributed by atoms with E-state index in [0.717, 1.165) is 12.8 Å². The molecule has 0 unspecified atom stereocenters. The SMILES string of the molecule is CC1(C)c2ccccc2-c2ccc(-c3cccc(-c4c5ccccc5c(-c5ccc(-c6cccc7c6C=CCC7)cc5)c5ccccc45)c3)cc21. The minimum Gasteiger partial charge on any atom is -0.0836 e. The predicted molar refractivity (Wildman–Crippen MR) is 218 cm³/mol. The Bertz CT molecular complexity index is 2640. The second-order valence-electron chi connectivity index (χ2n) is 14.7. The van der Waals surface area contributed by atoms with Crippen molar-refractivity contribution in [3.63, 3.8) is 0 Å². The Morgan fingerprint density at radius 3 is 1.71 bits per heavy atom. The molecule has 242 valence electrons. The summed E-state index contributed by atoms with van der Waals surface area (Å²) in [4.78, 5) is 0. The Hall–Kier alpha value is -5.98. The van der Waals surface area contributed by atoms with Crippen molar-refractivity contribution in [1.29, 1.82) is 0 Å². The molecule has 0 saturated carbocycles. The number of fused-ring (bicyclic) bond motifs is 6. The summed E-state index contributed by atoms with van der Waals surface area (Å²) in [6.45, 7) is 4.72. The van der Waals surface area contributed by atoms with Crippen molar-refractivity contribution in [2.45, 2.75) is 32.1 Å². The van der Waals surface area contributed by atoms with Gasteiger partial charge < -0.3 is 0 Å². The minimum atomic E-state index is -0.0302. The quantitative estimate of drug-likeness (QED) is 0.166. The van der Waals surface area contributed by atoms with Gasteiger partial charge in [0, 0.05) is 5.41 Å². The first-order valence-corrected chi connectivity index (χ1v) is 18.2. The lowest BCUT2D eigenvalue weighted by molar-refractivity contribution is 0.660. The van der Waals surface area contributed by atoms with Crippen LogP contribution in [-0.4, -0.2) is 0 Å². The van der Waals surface area contributed by atoms with Crippen LogP contribution in [0.25, 0.3) is 83.3 Å². The first-order valence-electron chi connectivity index (χ1n) is 18.2. The van der Waals surface area contributed by atoms with Crippen molar-refractivity contribution in [3.05, 3.63) is 186 Å². The molecule has 0 aromatic heterocycles. The van der Waals surface area contributed by atoms with E-state index in [2.05, 4.69) is 184 Å². The molecular formula is C51H38. The zero-order valence-electron chi connectivity index (χ0n) is 29.1. The topological polar surface area (TPSA) is 0 Å². The normalized spacial score (nSPS) is 14.0. The second kappa shape index (κ2) is 11.5. The van der Waals surface area contributed by atoms with Gasteiger partial charge in [0.15, 0.2) is 0 Å². The summed E-state index contributed by atoms with van der Waals surface area (Å²) in [6.07, 6.45) is 6.85. The maximum Gasteiger partial charge on any atom is 0.0159 e. The van der Waals surface area contributed by atoms with E-state index in [4.69, 9.17) is 0 Å². The van der Waals surface area contributed by atoms with E-state index in [9.17, 15) is 0 Å². The number of aryl methyl sites for hydroxylation is 1. The number of rotatable bonds is 4. The first-order chi connectivity index (χ1) is 25.1. The van der Waals surface area contributed by atoms with Gasteiger partial charge in [-0.05, 0) is 124 Å². The molecule has 0 amide bonds. The van der Waals surface area contributed by atoms with Crippen molar-refractivity contribution in [3.8, 4) is 55.6 Å². The predicted octanol–water partition coefficient (Wildman–Crippen LogP) is 13.9. The summed E-state index contributed by atoms with van der Waals surface area (Å²) in [5.74, 6) is 0. The smallest absolute Gasteiger partial charge is 0.0159 e. The van der Waals surface area contributed by atoms with Gasteiger partial charge in [0.2, 0.25) is 0 Å². The monoisotopic (exact) mass is 650 g/mol. The minimum absolute atomic E-state index is 0.0302. The number of benzene rings is 8. The Morgan fingerprint density at radius 1 is 0.412 bits per heavy atom. The molecule has 2 aliphatic rings. The summed E-state index contributed by atoms with van der Waals surface area (Å²) in [7, 11) is 0. The van der Waals surface area contributed by atoms with Gasteiger partial charge >= 0.3 is 0 Å². The highest BCUT2D eigenvalue weighted by Crippen LogP contribution is 2.50. The molecule has 0 bridgehead atoms. The summed E-state index contributed by atoms with van der Waals surface area (Å²) in [5, 5.41) is 5.11. The standard InChI is InChI=1S/C51H38/c1-51(2)47-24-10-9-18-41(47)42-30-29-37(32-48(42)51)36-15-11-16-38(31-36)50-45-21-7-5-19-43(45)49(44-20-6-8-22-46(44)50)35-27-25-34(26-28-35)40-23-12-14-33-13-3-4-17-39(33)40/h4-12,14-32H,3,13H2,1-2H3. The highest BCUT2D eigenvalue weighted by Gasteiger charge is 2.35. The Labute approximate surface area is 300 Å². The average Bonchev–Trinajstić information content (AvgIpc) is 3.42. The molecule has 0 N–H and O–H groups in total. The van der Waals surface area contributed by atoms with Gasteiger partial charge in [-0.15, -0.1) is 0 Å². The van der Waals surface area contributed by atoms with Gasteiger partial charge in [0.05, 0.1) is 0 Å². The molecule has 0 heterocycles. The van der Waals surface area contributed by atoms with E-state index < -0.39 is 0 Å². The van der Waals surface area contributed by atoms with Crippen LogP contribution in [0.5, 0.6) is 0 Å². The summed E-state index contributed by atoms with van der Waals surface area (Å²) < 4.78 is 0. The van der Waals surface area contributed by atoms with Crippen molar-refractivity contribution >= 4 is 27.6 Å². The summed E-state index contributed by atoms with van der Waals surface area (Å²) in [5.41, 5.74) is 18.5. The fraction of sp³-hybridized carbons (Fsp3) is 0.0980. The molecule has 0 saturated heterocycles. The molecule has 0 atom stereocenters. The number of hydrogen-bond acceptors (Lipinski definition) is 0. The summed E-state index contributed by atoms with van der Waals surface area (Å²) in [6, 6.07) is 59.1. The third kappa shape index (κ3) is 4.67. The van der Waals surface area contributed by atoms with Gasteiger partial charge in [0.1, 0.15) is 0 Å². The molecule has 8 aromatic rings. The molecule has 0 nitrogen and oxygen atoms in total. The van der Waals surface area contributed by atoms with Crippen molar-refractivity contribution in [2.75, 3.05) is 0 Å². The Kier molecular flexibility index (Phi) is 6.76. The molecule has 0 heteroatoms. The van der Waals surface area contributed by atoms with Crippen LogP contribution in [0.2, 0.25) is 0 Å². The van der Waals surface area contributed by atoms with Crippen molar-refractivity contribution in [2.24, 2.45) is 0 Å². The highest BCUT2D eigenvalue weighted by atomic mass is 14.4. The lowest BCUT2D eigenvalue weighted by Gasteiger charge is -2.22. The van der Waals surface area contributed by atoms with Crippen LogP contribution < -0.4 is 0 Å². The average molecular weight is 651 g/mol. The van der Waals surface area contributed by atoms with Crippen molar-refractivity contribution in [1.82, 2.24) is 0 Å². The van der Waals surface area contributed by atoms with Gasteiger partial charge in [-0.2, -0.15) is 0 Å². The maximum atomic E-state index is 2.43. The van der Waals surface area contributed by atoms with E-state index in [1.165, 1.54) is 99.4 Å². The molecule has 0 radical (unpaired) electrons. The van der Waals surface area contributed by atoms with Crippen LogP contribution in [0.4, 0.5) is 0 Å². The lowest BCUT2D eigenvalue weighted by atomic mass is 9.81.